The zero-order chi connectivity index (χ0) is 24.6. The molecule has 4 aromatic rings. The Morgan fingerprint density at radius 3 is 2.75 bits per heavy atom. The number of hydrogen-bond acceptors (Lipinski definition) is 7. The van der Waals surface area contributed by atoms with E-state index in [0.717, 1.165) is 68.4 Å². The van der Waals surface area contributed by atoms with Crippen LogP contribution in [-0.2, 0) is 11.3 Å². The summed E-state index contributed by atoms with van der Waals surface area (Å²) in [5.41, 5.74) is 3.43. The minimum absolute atomic E-state index is 0.238. The van der Waals surface area contributed by atoms with Crippen molar-refractivity contribution in [2.75, 3.05) is 31.5 Å². The van der Waals surface area contributed by atoms with E-state index in [1.54, 1.807) is 24.4 Å². The number of carbonyl (C=O) groups excluding carboxylic acids is 1. The zero-order valence-electron chi connectivity index (χ0n) is 19.6. The standard InChI is InChI=1S/C26H26FN7O2/c27-20-14-29-24(35)13-19(20)18-3-4-21-22(12-18)31-26(30-21)32-23-11-16(5-6-28-23)15-33-7-9-34(10-8-33)25(36)17-1-2-17/h3-6,11-14,17H,1-2,7-10,15H2,(H,29,35)(H2,28,30,31,32). The van der Waals surface area contributed by atoms with Crippen LogP contribution in [0.2, 0.25) is 0 Å². The summed E-state index contributed by atoms with van der Waals surface area (Å²) in [6, 6.07) is 10.6. The van der Waals surface area contributed by atoms with Crippen molar-refractivity contribution in [1.29, 1.82) is 0 Å². The van der Waals surface area contributed by atoms with Crippen molar-refractivity contribution in [2.24, 2.45) is 5.92 Å². The second kappa shape index (κ2) is 9.19. The van der Waals surface area contributed by atoms with E-state index in [0.29, 0.717) is 23.2 Å². The van der Waals surface area contributed by atoms with E-state index in [9.17, 15) is 14.3 Å². The third-order valence-electron chi connectivity index (χ3n) is 6.72. The van der Waals surface area contributed by atoms with Gasteiger partial charge in [-0.25, -0.2) is 19.3 Å². The number of carbonyl (C=O) groups is 1. The molecule has 6 rings (SSSR count). The number of halogens is 1. The Balaban J connectivity index is 1.12. The summed E-state index contributed by atoms with van der Waals surface area (Å²) < 4.78 is 14.2. The summed E-state index contributed by atoms with van der Waals surface area (Å²) in [6.07, 6.45) is 4.86. The minimum atomic E-state index is -0.512. The number of benzene rings is 1. The molecule has 1 aliphatic heterocycles. The maximum Gasteiger partial charge on any atom is 0.225 e. The Morgan fingerprint density at radius 2 is 1.94 bits per heavy atom. The Kier molecular flexibility index (Phi) is 5.73. The molecule has 2 aliphatic rings. The third kappa shape index (κ3) is 4.72. The average molecular weight is 488 g/mol. The lowest BCUT2D eigenvalue weighted by Crippen LogP contribution is -2.48. The van der Waals surface area contributed by atoms with E-state index >= 15 is 0 Å². The molecule has 0 radical (unpaired) electrons. The van der Waals surface area contributed by atoms with E-state index in [1.165, 1.54) is 6.07 Å². The molecule has 1 saturated heterocycles. The van der Waals surface area contributed by atoms with Gasteiger partial charge in [0.15, 0.2) is 0 Å². The highest BCUT2D eigenvalue weighted by atomic mass is 19.1. The number of amides is 1. The van der Waals surface area contributed by atoms with Gasteiger partial charge < -0.3 is 20.3 Å². The van der Waals surface area contributed by atoms with E-state index in [-0.39, 0.29) is 17.4 Å². The van der Waals surface area contributed by atoms with Crippen LogP contribution in [0.25, 0.3) is 22.2 Å². The quantitative estimate of drug-likeness (QED) is 0.381. The first kappa shape index (κ1) is 22.4. The highest BCUT2D eigenvalue weighted by Gasteiger charge is 2.34. The maximum atomic E-state index is 14.2. The van der Waals surface area contributed by atoms with E-state index in [2.05, 4.69) is 30.2 Å². The molecule has 2 fully saturated rings. The molecular weight excluding hydrogens is 461 g/mol. The van der Waals surface area contributed by atoms with Crippen LogP contribution in [0.1, 0.15) is 18.4 Å². The van der Waals surface area contributed by atoms with E-state index in [1.807, 2.05) is 17.0 Å². The largest absolute Gasteiger partial charge is 0.493 e. The number of rotatable bonds is 6. The molecular formula is C26H26FN7O2. The highest BCUT2D eigenvalue weighted by molar-refractivity contribution is 5.84. The Bertz CT molecular complexity index is 1430. The SMILES string of the molecule is O=C(C1CC1)N1CCN(Cc2ccnc(Nc3nc4ccc(-c5cc(O)ncc5F)cc4[nH]3)c2)CC1. The number of nitrogens with zero attached hydrogens (tertiary/aromatic N) is 5. The lowest BCUT2D eigenvalue weighted by Gasteiger charge is -2.34. The van der Waals surface area contributed by atoms with Crippen LogP contribution in [0.4, 0.5) is 16.2 Å². The highest BCUT2D eigenvalue weighted by Crippen LogP contribution is 2.31. The Hall–Kier alpha value is -4.05. The average Bonchev–Trinajstić information content (AvgIpc) is 3.65. The molecule has 1 saturated carbocycles. The van der Waals surface area contributed by atoms with Gasteiger partial charge in [-0.05, 0) is 48.2 Å². The summed E-state index contributed by atoms with van der Waals surface area (Å²) in [6.45, 7) is 4.10. The first-order valence-corrected chi connectivity index (χ1v) is 12.1. The van der Waals surface area contributed by atoms with Gasteiger partial charge in [0.05, 0.1) is 17.2 Å². The molecule has 1 aliphatic carbocycles. The third-order valence-corrected chi connectivity index (χ3v) is 6.72. The molecule has 0 atom stereocenters. The molecule has 184 valence electrons. The Labute approximate surface area is 207 Å². The fourth-order valence-electron chi connectivity index (χ4n) is 4.62. The first-order valence-electron chi connectivity index (χ1n) is 12.1. The van der Waals surface area contributed by atoms with Crippen molar-refractivity contribution < 1.29 is 14.3 Å². The molecule has 10 heteroatoms. The molecule has 3 aromatic heterocycles. The van der Waals surface area contributed by atoms with Gasteiger partial charge in [-0.15, -0.1) is 0 Å². The van der Waals surface area contributed by atoms with Gasteiger partial charge in [-0.1, -0.05) is 6.07 Å². The van der Waals surface area contributed by atoms with Crippen molar-refractivity contribution in [1.82, 2.24) is 29.7 Å². The van der Waals surface area contributed by atoms with Crippen molar-refractivity contribution >= 4 is 28.7 Å². The number of aromatic hydroxyl groups is 1. The van der Waals surface area contributed by atoms with Crippen LogP contribution in [0.15, 0.2) is 48.8 Å². The van der Waals surface area contributed by atoms with E-state index < -0.39 is 5.82 Å². The van der Waals surface area contributed by atoms with Crippen molar-refractivity contribution in [3.8, 4) is 17.0 Å². The zero-order valence-corrected chi connectivity index (χ0v) is 19.6. The predicted octanol–water partition coefficient (Wildman–Crippen LogP) is 3.66. The van der Waals surface area contributed by atoms with Gasteiger partial charge in [0.2, 0.25) is 17.7 Å². The molecule has 0 unspecified atom stereocenters. The maximum absolute atomic E-state index is 14.2. The number of aromatic nitrogens is 4. The number of anilines is 2. The lowest BCUT2D eigenvalue weighted by atomic mass is 10.1. The summed E-state index contributed by atoms with van der Waals surface area (Å²) in [5, 5.41) is 12.8. The predicted molar refractivity (Wildman–Crippen MR) is 133 cm³/mol. The number of fused-ring (bicyclic) bond motifs is 1. The smallest absolute Gasteiger partial charge is 0.225 e. The van der Waals surface area contributed by atoms with Crippen molar-refractivity contribution in [3.05, 3.63) is 60.2 Å². The van der Waals surface area contributed by atoms with Gasteiger partial charge in [-0.3, -0.25) is 9.69 Å². The van der Waals surface area contributed by atoms with Gasteiger partial charge in [-0.2, -0.15) is 0 Å². The van der Waals surface area contributed by atoms with Crippen LogP contribution in [0, 0.1) is 11.7 Å². The number of hydrogen-bond donors (Lipinski definition) is 3. The van der Waals surface area contributed by atoms with E-state index in [4.69, 9.17) is 0 Å². The van der Waals surface area contributed by atoms with Gasteiger partial charge >= 0.3 is 0 Å². The van der Waals surface area contributed by atoms with Crippen molar-refractivity contribution in [2.45, 2.75) is 19.4 Å². The van der Waals surface area contributed by atoms with Crippen LogP contribution in [0.5, 0.6) is 5.88 Å². The van der Waals surface area contributed by atoms with Crippen LogP contribution in [0.3, 0.4) is 0 Å². The Morgan fingerprint density at radius 1 is 1.11 bits per heavy atom. The lowest BCUT2D eigenvalue weighted by molar-refractivity contribution is -0.134. The topological polar surface area (TPSA) is 110 Å². The number of imidazole rings is 1. The molecule has 0 bridgehead atoms. The summed E-state index contributed by atoms with van der Waals surface area (Å²) >= 11 is 0. The van der Waals surface area contributed by atoms with Gasteiger partial charge in [0, 0.05) is 56.5 Å². The number of aromatic amines is 1. The first-order chi connectivity index (χ1) is 17.5. The summed E-state index contributed by atoms with van der Waals surface area (Å²) in [5.74, 6) is 1.05. The monoisotopic (exact) mass is 487 g/mol. The normalized spacial score (nSPS) is 16.4. The number of piperazine rings is 1. The second-order valence-corrected chi connectivity index (χ2v) is 9.39. The molecule has 3 N–H and O–H groups in total. The fraction of sp³-hybridized carbons (Fsp3) is 0.308. The van der Waals surface area contributed by atoms with Crippen LogP contribution < -0.4 is 5.32 Å². The number of pyridine rings is 2. The summed E-state index contributed by atoms with van der Waals surface area (Å²) in [7, 11) is 0. The fourth-order valence-corrected chi connectivity index (χ4v) is 4.62. The molecule has 9 nitrogen and oxygen atoms in total. The van der Waals surface area contributed by atoms with Crippen LogP contribution in [-0.4, -0.2) is 66.9 Å². The molecule has 1 amide bonds. The summed E-state index contributed by atoms with van der Waals surface area (Å²) in [4.78, 5) is 32.4. The van der Waals surface area contributed by atoms with Gasteiger partial charge in [0.25, 0.3) is 0 Å². The van der Waals surface area contributed by atoms with Crippen molar-refractivity contribution in [3.63, 3.8) is 0 Å². The van der Waals surface area contributed by atoms with Crippen LogP contribution >= 0.6 is 0 Å². The molecule has 1 aromatic carbocycles. The van der Waals surface area contributed by atoms with Gasteiger partial charge in [0.1, 0.15) is 11.6 Å². The second-order valence-electron chi connectivity index (χ2n) is 9.39. The molecule has 4 heterocycles. The number of H-pyrrole nitrogens is 1. The minimum Gasteiger partial charge on any atom is -0.493 e. The number of nitrogens with one attached hydrogen (secondary N) is 2. The molecule has 36 heavy (non-hydrogen) atoms. The molecule has 0 spiro atoms.